The highest BCUT2D eigenvalue weighted by molar-refractivity contribution is 5.97. The van der Waals surface area contributed by atoms with E-state index in [1.165, 1.54) is 19.3 Å². The van der Waals surface area contributed by atoms with Crippen LogP contribution in [0.3, 0.4) is 0 Å². The van der Waals surface area contributed by atoms with Crippen LogP contribution in [0.1, 0.15) is 117 Å². The number of fused-ring (bicyclic) bond motifs is 1. The summed E-state index contributed by atoms with van der Waals surface area (Å²) in [7, 11) is 0. The Morgan fingerprint density at radius 3 is 2.33 bits per heavy atom. The zero-order chi connectivity index (χ0) is 34.8. The van der Waals surface area contributed by atoms with E-state index in [-0.39, 0.29) is 5.92 Å². The number of rotatable bonds is 14. The quantitative estimate of drug-likeness (QED) is 0.0761. The Hall–Kier alpha value is -4.13. The number of para-hydroxylation sites is 1. The van der Waals surface area contributed by atoms with Crippen molar-refractivity contribution in [2.24, 2.45) is 5.92 Å². The lowest BCUT2D eigenvalue weighted by atomic mass is 9.88. The molecule has 1 aliphatic carbocycles. The highest BCUT2D eigenvalue weighted by atomic mass is 16.7. The fourth-order valence-corrected chi connectivity index (χ4v) is 6.79. The van der Waals surface area contributed by atoms with Crippen LogP contribution in [0.5, 0.6) is 5.75 Å². The van der Waals surface area contributed by atoms with Gasteiger partial charge in [-0.15, -0.1) is 0 Å². The molecule has 0 bridgehead atoms. The first-order valence-corrected chi connectivity index (χ1v) is 18.6. The fourth-order valence-electron chi connectivity index (χ4n) is 6.79. The SMILES string of the molecule is CCCCCCN(C(=O)C1CCCCC1)c1ccc2nc(CCCC)n(Cc3ccc(-c4ccccc4OC(=O)OC(C)(C)C)cc3)c2c1. The molecule has 0 radical (unpaired) electrons. The van der Waals surface area contributed by atoms with Crippen LogP contribution in [-0.2, 0) is 22.5 Å². The molecule has 3 aromatic carbocycles. The van der Waals surface area contributed by atoms with Crippen LogP contribution in [0, 0.1) is 5.92 Å². The van der Waals surface area contributed by atoms with Crippen molar-refractivity contribution in [1.82, 2.24) is 9.55 Å². The number of imidazole rings is 1. The van der Waals surface area contributed by atoms with E-state index in [4.69, 9.17) is 14.5 Å². The molecular weight excluding hydrogens is 610 g/mol. The average molecular weight is 666 g/mol. The van der Waals surface area contributed by atoms with Crippen molar-refractivity contribution in [3.05, 3.63) is 78.1 Å². The van der Waals surface area contributed by atoms with Crippen LogP contribution >= 0.6 is 0 Å². The summed E-state index contributed by atoms with van der Waals surface area (Å²) < 4.78 is 13.3. The van der Waals surface area contributed by atoms with Gasteiger partial charge in [-0.3, -0.25) is 4.79 Å². The molecule has 0 atom stereocenters. The smallest absolute Gasteiger partial charge is 0.428 e. The Kier molecular flexibility index (Phi) is 12.5. The molecule has 5 rings (SSSR count). The summed E-state index contributed by atoms with van der Waals surface area (Å²) in [5.74, 6) is 1.95. The minimum absolute atomic E-state index is 0.124. The van der Waals surface area contributed by atoms with E-state index in [2.05, 4.69) is 65.8 Å². The van der Waals surface area contributed by atoms with Gasteiger partial charge in [-0.1, -0.05) is 101 Å². The van der Waals surface area contributed by atoms with Crippen LogP contribution in [0.2, 0.25) is 0 Å². The standard InChI is InChI=1S/C42H55N3O4/c1-6-8-10-16-28-44(40(46)33-17-12-11-13-18-33)34-26-27-36-37(29-34)45(39(43-36)21-9-7-2)30-31-22-24-32(25-23-31)35-19-14-15-20-38(35)48-41(47)49-42(3,4)5/h14-15,19-20,22-27,29,33H,6-13,16-18,21,28,30H2,1-5H3. The Balaban J connectivity index is 1.43. The largest absolute Gasteiger partial charge is 0.514 e. The summed E-state index contributed by atoms with van der Waals surface area (Å²) in [5.41, 5.74) is 5.30. The number of nitrogens with zero attached hydrogens (tertiary/aromatic N) is 3. The number of aryl methyl sites for hydroxylation is 1. The summed E-state index contributed by atoms with van der Waals surface area (Å²) in [6.07, 6.45) is 12.4. The average Bonchev–Trinajstić information content (AvgIpc) is 3.43. The van der Waals surface area contributed by atoms with Crippen LogP contribution in [0.4, 0.5) is 10.5 Å². The molecule has 0 saturated heterocycles. The Labute approximate surface area is 293 Å². The highest BCUT2D eigenvalue weighted by Gasteiger charge is 2.27. The predicted molar refractivity (Wildman–Crippen MR) is 199 cm³/mol. The number of amides is 1. The molecule has 1 heterocycles. The van der Waals surface area contributed by atoms with Gasteiger partial charge in [0.05, 0.1) is 11.0 Å². The number of benzene rings is 3. The van der Waals surface area contributed by atoms with Crippen molar-refractivity contribution >= 4 is 28.8 Å². The van der Waals surface area contributed by atoms with Crippen molar-refractivity contribution in [3.63, 3.8) is 0 Å². The Bertz CT molecular complexity index is 1680. The van der Waals surface area contributed by atoms with E-state index in [0.29, 0.717) is 18.2 Å². The summed E-state index contributed by atoms with van der Waals surface area (Å²) in [5, 5.41) is 0. The van der Waals surface area contributed by atoms with Crippen LogP contribution in [0.15, 0.2) is 66.7 Å². The van der Waals surface area contributed by atoms with Gasteiger partial charge < -0.3 is 18.9 Å². The van der Waals surface area contributed by atoms with E-state index >= 15 is 0 Å². The topological polar surface area (TPSA) is 73.7 Å². The Morgan fingerprint density at radius 2 is 1.61 bits per heavy atom. The van der Waals surface area contributed by atoms with E-state index in [9.17, 15) is 9.59 Å². The van der Waals surface area contributed by atoms with Gasteiger partial charge in [0.2, 0.25) is 5.91 Å². The van der Waals surface area contributed by atoms with Gasteiger partial charge in [0.25, 0.3) is 0 Å². The Morgan fingerprint density at radius 1 is 0.878 bits per heavy atom. The first-order valence-electron chi connectivity index (χ1n) is 18.6. The van der Waals surface area contributed by atoms with E-state index < -0.39 is 11.8 Å². The van der Waals surface area contributed by atoms with Gasteiger partial charge in [0.1, 0.15) is 17.2 Å². The molecular formula is C42H55N3O4. The molecule has 49 heavy (non-hydrogen) atoms. The number of ether oxygens (including phenoxy) is 2. The van der Waals surface area contributed by atoms with Gasteiger partial charge in [0, 0.05) is 36.7 Å². The van der Waals surface area contributed by atoms with Crippen LogP contribution in [0.25, 0.3) is 22.2 Å². The van der Waals surface area contributed by atoms with Gasteiger partial charge in [-0.05, 0) is 81.8 Å². The molecule has 0 N–H and O–H groups in total. The molecule has 7 nitrogen and oxygen atoms in total. The van der Waals surface area contributed by atoms with Crippen molar-refractivity contribution < 1.29 is 19.1 Å². The van der Waals surface area contributed by atoms with Crippen molar-refractivity contribution in [3.8, 4) is 16.9 Å². The van der Waals surface area contributed by atoms with Gasteiger partial charge >= 0.3 is 6.16 Å². The summed E-state index contributed by atoms with van der Waals surface area (Å²) in [4.78, 5) is 33.6. The number of hydrogen-bond donors (Lipinski definition) is 0. The summed E-state index contributed by atoms with van der Waals surface area (Å²) in [6, 6.07) is 22.3. The third kappa shape index (κ3) is 9.74. The van der Waals surface area contributed by atoms with E-state index in [0.717, 1.165) is 104 Å². The first kappa shape index (κ1) is 36.2. The second kappa shape index (κ2) is 17.0. The molecule has 0 aliphatic heterocycles. The maximum Gasteiger partial charge on any atom is 0.514 e. The van der Waals surface area contributed by atoms with Crippen molar-refractivity contribution in [2.75, 3.05) is 11.4 Å². The van der Waals surface area contributed by atoms with E-state index in [1.807, 2.05) is 39.0 Å². The molecule has 1 aromatic heterocycles. The number of hydrogen-bond acceptors (Lipinski definition) is 5. The highest BCUT2D eigenvalue weighted by Crippen LogP contribution is 2.33. The zero-order valence-corrected chi connectivity index (χ0v) is 30.3. The first-order chi connectivity index (χ1) is 23.7. The predicted octanol–water partition coefficient (Wildman–Crippen LogP) is 10.9. The number of anilines is 1. The van der Waals surface area contributed by atoms with Gasteiger partial charge in [-0.2, -0.15) is 0 Å². The van der Waals surface area contributed by atoms with Crippen molar-refractivity contribution in [1.29, 1.82) is 0 Å². The van der Waals surface area contributed by atoms with Gasteiger partial charge in [0.15, 0.2) is 0 Å². The summed E-state index contributed by atoms with van der Waals surface area (Å²) >= 11 is 0. The molecule has 0 spiro atoms. The van der Waals surface area contributed by atoms with Crippen LogP contribution in [-0.4, -0.2) is 33.8 Å². The minimum Gasteiger partial charge on any atom is -0.428 e. The lowest BCUT2D eigenvalue weighted by molar-refractivity contribution is -0.123. The molecule has 262 valence electrons. The minimum atomic E-state index is -0.720. The fraction of sp³-hybridized carbons (Fsp3) is 0.500. The zero-order valence-electron chi connectivity index (χ0n) is 30.3. The lowest BCUT2D eigenvalue weighted by Gasteiger charge is -2.29. The number of carbonyl (C=O) groups excluding carboxylic acids is 2. The normalized spacial score (nSPS) is 13.8. The maximum absolute atomic E-state index is 14.0. The summed E-state index contributed by atoms with van der Waals surface area (Å²) in [6.45, 7) is 11.3. The van der Waals surface area contributed by atoms with E-state index in [1.54, 1.807) is 6.07 Å². The third-order valence-electron chi connectivity index (χ3n) is 9.41. The molecule has 1 aliphatic rings. The molecule has 1 fully saturated rings. The molecule has 1 amide bonds. The molecule has 7 heteroatoms. The monoisotopic (exact) mass is 665 g/mol. The second-order valence-corrected chi connectivity index (χ2v) is 14.5. The molecule has 1 saturated carbocycles. The third-order valence-corrected chi connectivity index (χ3v) is 9.41. The van der Waals surface area contributed by atoms with Crippen molar-refractivity contribution in [2.45, 2.75) is 124 Å². The second-order valence-electron chi connectivity index (χ2n) is 14.5. The van der Waals surface area contributed by atoms with Crippen LogP contribution < -0.4 is 9.64 Å². The molecule has 4 aromatic rings. The maximum atomic E-state index is 14.0. The molecule has 0 unspecified atom stereocenters. The number of carbonyl (C=O) groups is 2. The number of aromatic nitrogens is 2. The van der Waals surface area contributed by atoms with Gasteiger partial charge in [-0.25, -0.2) is 9.78 Å². The lowest BCUT2D eigenvalue weighted by Crippen LogP contribution is -2.38. The number of unbranched alkanes of at least 4 members (excludes halogenated alkanes) is 4.